The summed E-state index contributed by atoms with van der Waals surface area (Å²) in [6.07, 6.45) is 1.77. The molecule has 9 aromatic rings. The number of rotatable bonds is 9. The average molecular weight is 898 g/mol. The van der Waals surface area contributed by atoms with E-state index in [9.17, 15) is 9.22 Å². The number of nitrogens with zero attached hydrogens (tertiary/aromatic N) is 3. The van der Waals surface area contributed by atoms with Crippen LogP contribution in [0.4, 0.5) is 0 Å². The Labute approximate surface area is 412 Å². The highest BCUT2D eigenvalue weighted by molar-refractivity contribution is 5.98. The van der Waals surface area contributed by atoms with E-state index in [2.05, 4.69) is 124 Å². The van der Waals surface area contributed by atoms with Crippen molar-refractivity contribution in [3.05, 3.63) is 191 Å². The number of benzene rings is 7. The highest BCUT2D eigenvalue weighted by Crippen LogP contribution is 2.44. The number of pyridine rings is 1. The Kier molecular flexibility index (Phi) is 10.3. The van der Waals surface area contributed by atoms with Crippen LogP contribution >= 0.6 is 0 Å². The highest BCUT2D eigenvalue weighted by Gasteiger charge is 2.26. The number of hydrogen-bond donors (Lipinski definition) is 1. The molecule has 0 amide bonds. The molecule has 4 heteroatoms. The van der Waals surface area contributed by atoms with Crippen molar-refractivity contribution in [3.63, 3.8) is 0 Å². The summed E-state index contributed by atoms with van der Waals surface area (Å²) in [6, 6.07) is 49.9. The van der Waals surface area contributed by atoms with Crippen molar-refractivity contribution >= 4 is 11.0 Å². The Bertz CT molecular complexity index is 3520. The molecule has 0 saturated heterocycles. The minimum Gasteiger partial charge on any atom is -0.507 e. The third-order valence-corrected chi connectivity index (χ3v) is 13.2. The molecular formula is C64H65N3O. The first-order valence-corrected chi connectivity index (χ1v) is 23.7. The number of phenols is 1. The van der Waals surface area contributed by atoms with Gasteiger partial charge in [0, 0.05) is 25.5 Å². The van der Waals surface area contributed by atoms with E-state index in [0.29, 0.717) is 28.1 Å². The fraction of sp³-hybridized carbons (Fsp3) is 0.250. The maximum atomic E-state index is 12.4. The van der Waals surface area contributed by atoms with Crippen molar-refractivity contribution in [1.29, 1.82) is 0 Å². The number of aromatic hydroxyl groups is 1. The number of hydrogen-bond acceptors (Lipinski definition) is 3. The molecule has 1 N–H and O–H groups in total. The molecular weight excluding hydrogens is 827 g/mol. The summed E-state index contributed by atoms with van der Waals surface area (Å²) >= 11 is 0. The summed E-state index contributed by atoms with van der Waals surface area (Å²) in [5.41, 5.74) is 15.3. The fourth-order valence-electron chi connectivity index (χ4n) is 9.11. The second-order valence-electron chi connectivity index (χ2n) is 21.0. The van der Waals surface area contributed by atoms with Crippen LogP contribution in [0, 0.1) is 13.7 Å². The molecule has 0 unspecified atom stereocenters. The lowest BCUT2D eigenvalue weighted by molar-refractivity contribution is 0.466. The lowest BCUT2D eigenvalue weighted by atomic mass is 9.79. The predicted octanol–water partition coefficient (Wildman–Crippen LogP) is 17.6. The molecule has 0 bridgehead atoms. The molecule has 0 atom stereocenters. The summed E-state index contributed by atoms with van der Waals surface area (Å²) in [5.74, 6) is 0.644. The summed E-state index contributed by atoms with van der Waals surface area (Å²) in [6.45, 7) is 16.8. The van der Waals surface area contributed by atoms with Gasteiger partial charge in [-0.15, -0.1) is 0 Å². The predicted molar refractivity (Wildman–Crippen MR) is 288 cm³/mol. The van der Waals surface area contributed by atoms with Crippen LogP contribution < -0.4 is 0 Å². The van der Waals surface area contributed by atoms with Gasteiger partial charge in [0.2, 0.25) is 0 Å². The van der Waals surface area contributed by atoms with Crippen molar-refractivity contribution in [3.8, 4) is 78.6 Å². The first-order valence-electron chi connectivity index (χ1n) is 26.7. The summed E-state index contributed by atoms with van der Waals surface area (Å²) in [7, 11) is 0. The monoisotopic (exact) mass is 898 g/mol. The van der Waals surface area contributed by atoms with E-state index in [-0.39, 0.29) is 39.5 Å². The molecule has 0 aliphatic heterocycles. The van der Waals surface area contributed by atoms with Crippen LogP contribution in [0.15, 0.2) is 158 Å². The number of aromatic nitrogens is 3. The molecule has 2 heterocycles. The number of phenolic OH excluding ortho intramolecular Hbond substituents is 1. The van der Waals surface area contributed by atoms with Gasteiger partial charge >= 0.3 is 0 Å². The number of imidazole rings is 1. The van der Waals surface area contributed by atoms with Gasteiger partial charge in [-0.05, 0) is 158 Å². The molecule has 0 aliphatic rings. The Balaban J connectivity index is 1.31. The number of fused-ring (bicyclic) bond motifs is 1. The fourth-order valence-corrected chi connectivity index (χ4v) is 9.11. The zero-order valence-corrected chi connectivity index (χ0v) is 41.0. The van der Waals surface area contributed by atoms with Gasteiger partial charge in [-0.25, -0.2) is 4.98 Å². The van der Waals surface area contributed by atoms with Gasteiger partial charge < -0.3 is 5.11 Å². The quantitative estimate of drug-likeness (QED) is 0.157. The van der Waals surface area contributed by atoms with Crippen LogP contribution in [0.1, 0.15) is 123 Å². The summed E-state index contributed by atoms with van der Waals surface area (Å²) in [5, 5.41) is 12.4. The standard InChI is InChI=1S/C64H65N3O/c1-39(2)47-35-55(40(3)4)61(68)56(36-47)62-66-60-54(50-30-48(43-17-14-13-15-18-43)31-51(32-50)57-37-46(27-28-65-57)44-23-21-41(5)22-24-44)19-16-20-59(60)67(62)58-26-25-45(29-42(58)6)49-33-52(63(7,8)9)38-53(34-49)64(10,11)12/h13-40,68H,1-12H3/i5D3,6D3. The van der Waals surface area contributed by atoms with Crippen molar-refractivity contribution < 1.29 is 13.3 Å². The zero-order chi connectivity index (χ0) is 53.2. The zero-order valence-electron chi connectivity index (χ0n) is 47.0. The molecule has 0 fully saturated rings. The molecule has 68 heavy (non-hydrogen) atoms. The number of para-hydroxylation sites is 1. The minimum absolute atomic E-state index is 0.0141. The average Bonchev–Trinajstić information content (AvgIpc) is 3.74. The Morgan fingerprint density at radius 1 is 0.529 bits per heavy atom. The third-order valence-electron chi connectivity index (χ3n) is 13.2. The van der Waals surface area contributed by atoms with E-state index < -0.39 is 13.7 Å². The third kappa shape index (κ3) is 9.05. The van der Waals surface area contributed by atoms with Crippen molar-refractivity contribution in [1.82, 2.24) is 14.5 Å². The van der Waals surface area contributed by atoms with Gasteiger partial charge in [-0.3, -0.25) is 9.55 Å². The first kappa shape index (κ1) is 39.0. The van der Waals surface area contributed by atoms with E-state index in [4.69, 9.17) is 14.1 Å². The lowest BCUT2D eigenvalue weighted by Gasteiger charge is -2.26. The second-order valence-corrected chi connectivity index (χ2v) is 21.0. The van der Waals surface area contributed by atoms with E-state index in [1.165, 1.54) is 11.1 Å². The second kappa shape index (κ2) is 17.9. The molecule has 0 radical (unpaired) electrons. The maximum absolute atomic E-state index is 12.4. The van der Waals surface area contributed by atoms with Crippen LogP contribution in [0.5, 0.6) is 5.75 Å². The Hall–Kier alpha value is -7.04. The van der Waals surface area contributed by atoms with Crippen LogP contribution in [0.3, 0.4) is 0 Å². The molecule has 7 aromatic carbocycles. The van der Waals surface area contributed by atoms with Crippen LogP contribution in [-0.4, -0.2) is 19.6 Å². The van der Waals surface area contributed by atoms with E-state index in [0.717, 1.165) is 66.9 Å². The Morgan fingerprint density at radius 3 is 1.84 bits per heavy atom. The SMILES string of the molecule is [2H]C([2H])([2H])c1ccc(-c2ccnc(-c3cc(-c4ccccc4)cc(-c4cccc5c4nc(-c4cc(C(C)C)cc(C(C)C)c4O)n5-c4ccc(-c5cc(C(C)(C)C)cc(C(C)(C)C)c5)cc4C([2H])([2H])[2H])c3)c2)cc1. The molecule has 0 aliphatic carbocycles. The largest absolute Gasteiger partial charge is 0.507 e. The van der Waals surface area contributed by atoms with Crippen molar-refractivity contribution in [2.45, 2.75) is 106 Å². The highest BCUT2D eigenvalue weighted by atomic mass is 16.3. The van der Waals surface area contributed by atoms with Gasteiger partial charge in [0.05, 0.1) is 28.0 Å². The Morgan fingerprint density at radius 2 is 1.18 bits per heavy atom. The van der Waals surface area contributed by atoms with Gasteiger partial charge in [-0.2, -0.15) is 0 Å². The topological polar surface area (TPSA) is 50.9 Å². The van der Waals surface area contributed by atoms with Gasteiger partial charge in [0.1, 0.15) is 11.6 Å². The van der Waals surface area contributed by atoms with Crippen molar-refractivity contribution in [2.75, 3.05) is 0 Å². The van der Waals surface area contributed by atoms with Crippen molar-refractivity contribution in [2.24, 2.45) is 0 Å². The smallest absolute Gasteiger partial charge is 0.149 e. The van der Waals surface area contributed by atoms with Gasteiger partial charge in [-0.1, -0.05) is 172 Å². The maximum Gasteiger partial charge on any atom is 0.149 e. The molecule has 342 valence electrons. The summed E-state index contributed by atoms with van der Waals surface area (Å²) < 4.78 is 53.1. The van der Waals surface area contributed by atoms with E-state index in [1.807, 2.05) is 89.5 Å². The van der Waals surface area contributed by atoms with E-state index in [1.54, 1.807) is 18.3 Å². The molecule has 2 aromatic heterocycles. The van der Waals surface area contributed by atoms with Crippen LogP contribution in [-0.2, 0) is 10.8 Å². The van der Waals surface area contributed by atoms with Gasteiger partial charge in [0.25, 0.3) is 0 Å². The van der Waals surface area contributed by atoms with Gasteiger partial charge in [0.15, 0.2) is 0 Å². The van der Waals surface area contributed by atoms with Crippen LogP contribution in [0.25, 0.3) is 83.9 Å². The van der Waals surface area contributed by atoms with Crippen LogP contribution in [0.2, 0.25) is 0 Å². The molecule has 0 spiro atoms. The van der Waals surface area contributed by atoms with E-state index >= 15 is 0 Å². The molecule has 0 saturated carbocycles. The lowest BCUT2D eigenvalue weighted by Crippen LogP contribution is -2.16. The normalized spacial score (nSPS) is 13.8. The number of aryl methyl sites for hydroxylation is 2. The first-order chi connectivity index (χ1) is 34.8. The summed E-state index contributed by atoms with van der Waals surface area (Å²) in [4.78, 5) is 10.4. The minimum atomic E-state index is -2.55. The molecule has 4 nitrogen and oxygen atoms in total. The molecule has 9 rings (SSSR count).